The van der Waals surface area contributed by atoms with Gasteiger partial charge in [0.15, 0.2) is 0 Å². The summed E-state index contributed by atoms with van der Waals surface area (Å²) in [7, 11) is 0. The SMILES string of the molecule is Cc1cc(Cl)cc(C2(C)CC2)c1. The first-order chi connectivity index (χ1) is 5.60. The van der Waals surface area contributed by atoms with Crippen LogP contribution in [0, 0.1) is 6.92 Å². The van der Waals surface area contributed by atoms with E-state index in [1.807, 2.05) is 6.07 Å². The summed E-state index contributed by atoms with van der Waals surface area (Å²) in [4.78, 5) is 0. The van der Waals surface area contributed by atoms with Gasteiger partial charge in [-0.15, -0.1) is 0 Å². The van der Waals surface area contributed by atoms with E-state index in [0.717, 1.165) is 5.02 Å². The zero-order chi connectivity index (χ0) is 8.77. The van der Waals surface area contributed by atoms with E-state index in [1.165, 1.54) is 24.0 Å². The van der Waals surface area contributed by atoms with Crippen molar-refractivity contribution < 1.29 is 0 Å². The van der Waals surface area contributed by atoms with Crippen LogP contribution in [0.1, 0.15) is 30.9 Å². The topological polar surface area (TPSA) is 0 Å². The molecular formula is C11H13Cl. The molecule has 0 nitrogen and oxygen atoms in total. The van der Waals surface area contributed by atoms with Gasteiger partial charge < -0.3 is 0 Å². The lowest BCUT2D eigenvalue weighted by Crippen LogP contribution is -1.99. The first kappa shape index (κ1) is 8.12. The Balaban J connectivity index is 2.44. The van der Waals surface area contributed by atoms with Crippen molar-refractivity contribution in [2.75, 3.05) is 0 Å². The summed E-state index contributed by atoms with van der Waals surface area (Å²) in [6.45, 7) is 4.40. The Hall–Kier alpha value is -0.490. The van der Waals surface area contributed by atoms with E-state index in [1.54, 1.807) is 0 Å². The third-order valence-corrected chi connectivity index (χ3v) is 2.96. The minimum atomic E-state index is 0.440. The molecule has 1 saturated carbocycles. The maximum Gasteiger partial charge on any atom is 0.0411 e. The highest BCUT2D eigenvalue weighted by atomic mass is 35.5. The molecule has 0 atom stereocenters. The lowest BCUT2D eigenvalue weighted by Gasteiger charge is -2.09. The van der Waals surface area contributed by atoms with E-state index < -0.39 is 0 Å². The Labute approximate surface area is 78.6 Å². The molecule has 0 N–H and O–H groups in total. The molecular weight excluding hydrogens is 168 g/mol. The summed E-state index contributed by atoms with van der Waals surface area (Å²) < 4.78 is 0. The fourth-order valence-electron chi connectivity index (χ4n) is 1.56. The molecule has 0 heterocycles. The van der Waals surface area contributed by atoms with E-state index in [9.17, 15) is 0 Å². The number of benzene rings is 1. The summed E-state index contributed by atoms with van der Waals surface area (Å²) in [6.07, 6.45) is 2.62. The quantitative estimate of drug-likeness (QED) is 0.618. The van der Waals surface area contributed by atoms with E-state index in [4.69, 9.17) is 11.6 Å². The van der Waals surface area contributed by atoms with Gasteiger partial charge in [0.1, 0.15) is 0 Å². The van der Waals surface area contributed by atoms with Gasteiger partial charge in [-0.25, -0.2) is 0 Å². The van der Waals surface area contributed by atoms with E-state index in [-0.39, 0.29) is 0 Å². The Morgan fingerprint density at radius 3 is 2.42 bits per heavy atom. The van der Waals surface area contributed by atoms with Crippen molar-refractivity contribution in [1.29, 1.82) is 0 Å². The highest BCUT2D eigenvalue weighted by molar-refractivity contribution is 6.30. The summed E-state index contributed by atoms with van der Waals surface area (Å²) in [5, 5.41) is 0.873. The van der Waals surface area contributed by atoms with Gasteiger partial charge in [0, 0.05) is 5.02 Å². The number of rotatable bonds is 1. The van der Waals surface area contributed by atoms with Crippen molar-refractivity contribution in [2.24, 2.45) is 0 Å². The van der Waals surface area contributed by atoms with E-state index in [0.29, 0.717) is 5.41 Å². The zero-order valence-electron chi connectivity index (χ0n) is 7.52. The van der Waals surface area contributed by atoms with E-state index >= 15 is 0 Å². The molecule has 0 bridgehead atoms. The molecule has 0 aromatic heterocycles. The molecule has 12 heavy (non-hydrogen) atoms. The monoisotopic (exact) mass is 180 g/mol. The minimum absolute atomic E-state index is 0.440. The first-order valence-corrected chi connectivity index (χ1v) is 4.76. The summed E-state index contributed by atoms with van der Waals surface area (Å²) >= 11 is 5.98. The van der Waals surface area contributed by atoms with Gasteiger partial charge in [0.2, 0.25) is 0 Å². The second-order valence-electron chi connectivity index (χ2n) is 4.08. The van der Waals surface area contributed by atoms with Gasteiger partial charge in [0.05, 0.1) is 0 Å². The molecule has 0 unspecified atom stereocenters. The number of halogens is 1. The van der Waals surface area contributed by atoms with Gasteiger partial charge in [-0.1, -0.05) is 24.6 Å². The maximum atomic E-state index is 5.98. The second-order valence-corrected chi connectivity index (χ2v) is 4.51. The highest BCUT2D eigenvalue weighted by Crippen LogP contribution is 2.48. The molecule has 1 aliphatic rings. The van der Waals surface area contributed by atoms with Crippen LogP contribution >= 0.6 is 11.6 Å². The van der Waals surface area contributed by atoms with Crippen molar-refractivity contribution >= 4 is 11.6 Å². The Bertz CT molecular complexity index is 291. The third-order valence-electron chi connectivity index (χ3n) is 2.74. The molecule has 1 aromatic rings. The Morgan fingerprint density at radius 1 is 1.25 bits per heavy atom. The number of aryl methyl sites for hydroxylation is 1. The smallest absolute Gasteiger partial charge is 0.0411 e. The van der Waals surface area contributed by atoms with Crippen LogP contribution in [0.4, 0.5) is 0 Å². The molecule has 64 valence electrons. The third kappa shape index (κ3) is 1.36. The van der Waals surface area contributed by atoms with E-state index in [2.05, 4.69) is 26.0 Å². The van der Waals surface area contributed by atoms with Crippen molar-refractivity contribution in [1.82, 2.24) is 0 Å². The van der Waals surface area contributed by atoms with Crippen LogP contribution in [-0.4, -0.2) is 0 Å². The predicted octanol–water partition coefficient (Wildman–Crippen LogP) is 3.70. The molecule has 0 spiro atoms. The highest BCUT2D eigenvalue weighted by Gasteiger charge is 2.39. The predicted molar refractivity (Wildman–Crippen MR) is 52.8 cm³/mol. The minimum Gasteiger partial charge on any atom is -0.0843 e. The van der Waals surface area contributed by atoms with Crippen LogP contribution in [0.2, 0.25) is 5.02 Å². The van der Waals surface area contributed by atoms with Gasteiger partial charge in [0.25, 0.3) is 0 Å². The first-order valence-electron chi connectivity index (χ1n) is 4.38. The fourth-order valence-corrected chi connectivity index (χ4v) is 1.85. The largest absolute Gasteiger partial charge is 0.0843 e. The molecule has 1 fully saturated rings. The van der Waals surface area contributed by atoms with Crippen LogP contribution in [0.5, 0.6) is 0 Å². The summed E-state index contributed by atoms with van der Waals surface area (Å²) in [5.41, 5.74) is 3.12. The van der Waals surface area contributed by atoms with Crippen LogP contribution in [0.25, 0.3) is 0 Å². The normalized spacial score (nSPS) is 19.2. The molecule has 0 amide bonds. The zero-order valence-corrected chi connectivity index (χ0v) is 8.28. The van der Waals surface area contributed by atoms with Crippen LogP contribution < -0.4 is 0 Å². The summed E-state index contributed by atoms with van der Waals surface area (Å²) in [5.74, 6) is 0. The molecule has 1 aliphatic carbocycles. The lowest BCUT2D eigenvalue weighted by molar-refractivity contribution is 0.786. The van der Waals surface area contributed by atoms with Crippen LogP contribution in [-0.2, 0) is 5.41 Å². The molecule has 0 radical (unpaired) electrons. The molecule has 1 aromatic carbocycles. The van der Waals surface area contributed by atoms with Crippen molar-refractivity contribution in [3.8, 4) is 0 Å². The van der Waals surface area contributed by atoms with Crippen molar-refractivity contribution in [2.45, 2.75) is 32.1 Å². The molecule has 2 rings (SSSR count). The lowest BCUT2D eigenvalue weighted by atomic mass is 9.97. The van der Waals surface area contributed by atoms with Gasteiger partial charge in [-0.3, -0.25) is 0 Å². The average Bonchev–Trinajstić information content (AvgIpc) is 2.67. The number of hydrogen-bond donors (Lipinski definition) is 0. The maximum absolute atomic E-state index is 5.98. The summed E-state index contributed by atoms with van der Waals surface area (Å²) in [6, 6.07) is 6.36. The van der Waals surface area contributed by atoms with Gasteiger partial charge in [-0.2, -0.15) is 0 Å². The van der Waals surface area contributed by atoms with Crippen molar-refractivity contribution in [3.05, 3.63) is 34.3 Å². The van der Waals surface area contributed by atoms with Gasteiger partial charge in [-0.05, 0) is 48.4 Å². The fraction of sp³-hybridized carbons (Fsp3) is 0.455. The van der Waals surface area contributed by atoms with Crippen molar-refractivity contribution in [3.63, 3.8) is 0 Å². The second kappa shape index (κ2) is 2.50. The molecule has 1 heteroatoms. The number of hydrogen-bond acceptors (Lipinski definition) is 0. The Morgan fingerprint density at radius 2 is 1.92 bits per heavy atom. The van der Waals surface area contributed by atoms with Gasteiger partial charge >= 0.3 is 0 Å². The standard InChI is InChI=1S/C11H13Cl/c1-8-5-9(7-10(12)6-8)11(2)3-4-11/h5-7H,3-4H2,1-2H3. The molecule has 0 saturated heterocycles. The van der Waals surface area contributed by atoms with Crippen LogP contribution in [0.15, 0.2) is 18.2 Å². The molecule has 0 aliphatic heterocycles. The average molecular weight is 181 g/mol. The Kier molecular flexibility index (Phi) is 1.69. The van der Waals surface area contributed by atoms with Crippen LogP contribution in [0.3, 0.4) is 0 Å².